The minimum atomic E-state index is -0.250. The first-order chi connectivity index (χ1) is 8.72. The number of ether oxygens (including phenoxy) is 1. The third-order valence-electron chi connectivity index (χ3n) is 2.40. The summed E-state index contributed by atoms with van der Waals surface area (Å²) >= 11 is 0. The Hall–Kier alpha value is -1.81. The molecule has 1 rings (SSSR count). The van der Waals surface area contributed by atoms with Crippen LogP contribution in [0.5, 0.6) is 5.75 Å². The van der Waals surface area contributed by atoms with E-state index in [4.69, 9.17) is 10.5 Å². The van der Waals surface area contributed by atoms with Gasteiger partial charge in [0.1, 0.15) is 12.4 Å². The van der Waals surface area contributed by atoms with E-state index in [0.717, 1.165) is 25.3 Å². The molecule has 1 amide bonds. The summed E-state index contributed by atoms with van der Waals surface area (Å²) in [6.45, 7) is 5.68. The predicted octanol–water partition coefficient (Wildman–Crippen LogP) is 1.61. The van der Waals surface area contributed by atoms with E-state index >= 15 is 0 Å². The smallest absolute Gasteiger partial charge is 0.217 e. The maximum atomic E-state index is 10.5. The number of nitrogens with two attached hydrogens (primary N) is 1. The Labute approximate surface area is 108 Å². The van der Waals surface area contributed by atoms with Crippen molar-refractivity contribution >= 4 is 5.91 Å². The Morgan fingerprint density at radius 3 is 2.72 bits per heavy atom. The number of rotatable bonds is 9. The Bertz CT molecular complexity index is 374. The van der Waals surface area contributed by atoms with Crippen LogP contribution >= 0.6 is 0 Å². The second kappa shape index (κ2) is 8.31. The van der Waals surface area contributed by atoms with Gasteiger partial charge in [0, 0.05) is 13.0 Å². The molecule has 4 heteroatoms. The molecule has 0 fully saturated rings. The molecule has 0 radical (unpaired) electrons. The Morgan fingerprint density at radius 1 is 1.39 bits per heavy atom. The average Bonchev–Trinajstić information content (AvgIpc) is 2.37. The van der Waals surface area contributed by atoms with Crippen LogP contribution in [-0.4, -0.2) is 19.1 Å². The van der Waals surface area contributed by atoms with Gasteiger partial charge in [0.05, 0.1) is 0 Å². The first-order valence-electron chi connectivity index (χ1n) is 6.04. The van der Waals surface area contributed by atoms with E-state index in [1.165, 1.54) is 5.56 Å². The summed E-state index contributed by atoms with van der Waals surface area (Å²) in [5, 5.41) is 3.25. The quantitative estimate of drug-likeness (QED) is 0.515. The average molecular weight is 248 g/mol. The highest BCUT2D eigenvalue weighted by atomic mass is 16.5. The number of carbonyl (C=O) groups excluding carboxylic acids is 1. The first-order valence-corrected chi connectivity index (χ1v) is 6.04. The maximum absolute atomic E-state index is 10.5. The van der Waals surface area contributed by atoms with Crippen molar-refractivity contribution in [2.45, 2.75) is 19.4 Å². The SMILES string of the molecule is C=CCOc1ccc(CNCCCC(N)=O)cc1. The van der Waals surface area contributed by atoms with Crippen molar-refractivity contribution < 1.29 is 9.53 Å². The number of carbonyl (C=O) groups is 1. The monoisotopic (exact) mass is 248 g/mol. The Kier molecular flexibility index (Phi) is 6.58. The highest BCUT2D eigenvalue weighted by molar-refractivity contribution is 5.73. The van der Waals surface area contributed by atoms with Crippen LogP contribution in [0.2, 0.25) is 0 Å². The fourth-order valence-electron chi connectivity index (χ4n) is 1.48. The molecule has 0 bridgehead atoms. The lowest BCUT2D eigenvalue weighted by Gasteiger charge is -2.06. The summed E-state index contributed by atoms with van der Waals surface area (Å²) < 4.78 is 5.39. The molecule has 0 heterocycles. The van der Waals surface area contributed by atoms with Gasteiger partial charge in [0.15, 0.2) is 0 Å². The molecule has 3 N–H and O–H groups in total. The topological polar surface area (TPSA) is 64.3 Å². The highest BCUT2D eigenvalue weighted by Crippen LogP contribution is 2.11. The molecule has 0 aliphatic rings. The largest absolute Gasteiger partial charge is 0.490 e. The number of nitrogens with one attached hydrogen (secondary N) is 1. The van der Waals surface area contributed by atoms with Gasteiger partial charge in [-0.25, -0.2) is 0 Å². The third-order valence-corrected chi connectivity index (χ3v) is 2.40. The van der Waals surface area contributed by atoms with Crippen molar-refractivity contribution in [3.8, 4) is 5.75 Å². The standard InChI is InChI=1S/C14H20N2O2/c1-2-10-18-13-7-5-12(6-8-13)11-16-9-3-4-14(15)17/h2,5-8,16H,1,3-4,9-11H2,(H2,15,17). The Morgan fingerprint density at radius 2 is 2.11 bits per heavy atom. The van der Waals surface area contributed by atoms with E-state index in [-0.39, 0.29) is 5.91 Å². The normalized spacial score (nSPS) is 10.0. The lowest BCUT2D eigenvalue weighted by Crippen LogP contribution is -2.18. The highest BCUT2D eigenvalue weighted by Gasteiger charge is 1.96. The molecule has 0 atom stereocenters. The number of hydrogen-bond donors (Lipinski definition) is 2. The molecule has 18 heavy (non-hydrogen) atoms. The van der Waals surface area contributed by atoms with E-state index in [0.29, 0.717) is 13.0 Å². The zero-order valence-corrected chi connectivity index (χ0v) is 10.5. The van der Waals surface area contributed by atoms with Gasteiger partial charge < -0.3 is 15.8 Å². The lowest BCUT2D eigenvalue weighted by atomic mass is 10.2. The van der Waals surface area contributed by atoms with Gasteiger partial charge in [0.25, 0.3) is 0 Å². The van der Waals surface area contributed by atoms with Crippen molar-refractivity contribution in [2.24, 2.45) is 5.73 Å². The molecule has 0 spiro atoms. The van der Waals surface area contributed by atoms with Crippen LogP contribution in [0.25, 0.3) is 0 Å². The van der Waals surface area contributed by atoms with Gasteiger partial charge in [0.2, 0.25) is 5.91 Å². The molecular formula is C14H20N2O2. The summed E-state index contributed by atoms with van der Waals surface area (Å²) in [5.41, 5.74) is 6.24. The number of primary amides is 1. The van der Waals surface area contributed by atoms with Gasteiger partial charge in [-0.2, -0.15) is 0 Å². The van der Waals surface area contributed by atoms with Crippen molar-refractivity contribution in [1.29, 1.82) is 0 Å². The van der Waals surface area contributed by atoms with Gasteiger partial charge >= 0.3 is 0 Å². The third kappa shape index (κ3) is 6.06. The van der Waals surface area contributed by atoms with Gasteiger partial charge in [-0.3, -0.25) is 4.79 Å². The van der Waals surface area contributed by atoms with Crippen molar-refractivity contribution in [3.63, 3.8) is 0 Å². The molecule has 0 saturated carbocycles. The number of amides is 1. The fraction of sp³-hybridized carbons (Fsp3) is 0.357. The lowest BCUT2D eigenvalue weighted by molar-refractivity contribution is -0.118. The summed E-state index contributed by atoms with van der Waals surface area (Å²) in [6.07, 6.45) is 2.92. The van der Waals surface area contributed by atoms with Crippen LogP contribution in [0, 0.1) is 0 Å². The van der Waals surface area contributed by atoms with Crippen LogP contribution in [0.15, 0.2) is 36.9 Å². The van der Waals surface area contributed by atoms with Crippen molar-refractivity contribution in [3.05, 3.63) is 42.5 Å². The Balaban J connectivity index is 2.22. The molecule has 1 aromatic rings. The molecule has 4 nitrogen and oxygen atoms in total. The summed E-state index contributed by atoms with van der Waals surface area (Å²) in [6, 6.07) is 7.90. The number of hydrogen-bond acceptors (Lipinski definition) is 3. The van der Waals surface area contributed by atoms with E-state index < -0.39 is 0 Å². The van der Waals surface area contributed by atoms with Crippen molar-refractivity contribution in [2.75, 3.05) is 13.2 Å². The van der Waals surface area contributed by atoms with Gasteiger partial charge in [-0.1, -0.05) is 24.8 Å². The molecule has 0 unspecified atom stereocenters. The fourth-order valence-corrected chi connectivity index (χ4v) is 1.48. The zero-order chi connectivity index (χ0) is 13.2. The first kappa shape index (κ1) is 14.3. The van der Waals surface area contributed by atoms with Crippen LogP contribution < -0.4 is 15.8 Å². The summed E-state index contributed by atoms with van der Waals surface area (Å²) in [7, 11) is 0. The maximum Gasteiger partial charge on any atom is 0.217 e. The predicted molar refractivity (Wildman–Crippen MR) is 72.3 cm³/mol. The van der Waals surface area contributed by atoms with E-state index in [1.54, 1.807) is 6.08 Å². The molecule has 98 valence electrons. The zero-order valence-electron chi connectivity index (χ0n) is 10.5. The van der Waals surface area contributed by atoms with E-state index in [9.17, 15) is 4.79 Å². The second-order valence-electron chi connectivity index (χ2n) is 3.99. The minimum Gasteiger partial charge on any atom is -0.490 e. The van der Waals surface area contributed by atoms with E-state index in [2.05, 4.69) is 11.9 Å². The van der Waals surface area contributed by atoms with Gasteiger partial charge in [-0.05, 0) is 30.7 Å². The molecule has 0 saturated heterocycles. The molecule has 1 aromatic carbocycles. The molecule has 0 aliphatic heterocycles. The van der Waals surface area contributed by atoms with Crippen LogP contribution in [0.3, 0.4) is 0 Å². The number of benzene rings is 1. The van der Waals surface area contributed by atoms with Crippen molar-refractivity contribution in [1.82, 2.24) is 5.32 Å². The van der Waals surface area contributed by atoms with Crippen LogP contribution in [0.1, 0.15) is 18.4 Å². The molecule has 0 aromatic heterocycles. The minimum absolute atomic E-state index is 0.250. The molecular weight excluding hydrogens is 228 g/mol. The molecule has 0 aliphatic carbocycles. The van der Waals surface area contributed by atoms with E-state index in [1.807, 2.05) is 24.3 Å². The van der Waals surface area contributed by atoms with Crippen LogP contribution in [0.4, 0.5) is 0 Å². The second-order valence-corrected chi connectivity index (χ2v) is 3.99. The van der Waals surface area contributed by atoms with Gasteiger partial charge in [-0.15, -0.1) is 0 Å². The van der Waals surface area contributed by atoms with Crippen LogP contribution in [-0.2, 0) is 11.3 Å². The summed E-state index contributed by atoms with van der Waals surface area (Å²) in [4.78, 5) is 10.5. The summed E-state index contributed by atoms with van der Waals surface area (Å²) in [5.74, 6) is 0.591.